The van der Waals surface area contributed by atoms with Crippen molar-refractivity contribution in [3.63, 3.8) is 0 Å². The minimum atomic E-state index is -0.0356. The molecule has 1 aromatic rings. The smallest absolute Gasteiger partial charge is 0.238 e. The molecule has 2 aliphatic rings. The van der Waals surface area contributed by atoms with E-state index in [1.54, 1.807) is 6.07 Å². The van der Waals surface area contributed by atoms with Crippen LogP contribution in [0.25, 0.3) is 0 Å². The van der Waals surface area contributed by atoms with Crippen LogP contribution in [0.1, 0.15) is 31.7 Å². The Morgan fingerprint density at radius 1 is 1.07 bits per heavy atom. The number of halogens is 1. The number of piperidine rings is 1. The summed E-state index contributed by atoms with van der Waals surface area (Å²) in [6.07, 6.45) is 3.45. The number of nitrogens with zero attached hydrogens (tertiary/aromatic N) is 3. The fourth-order valence-corrected chi connectivity index (χ4v) is 4.11. The molecule has 1 unspecified atom stereocenters. The van der Waals surface area contributed by atoms with Gasteiger partial charge in [-0.1, -0.05) is 17.7 Å². The fraction of sp³-hybridized carbons (Fsp3) is 0.619. The Morgan fingerprint density at radius 3 is 2.39 bits per heavy atom. The highest BCUT2D eigenvalue weighted by molar-refractivity contribution is 6.31. The van der Waals surface area contributed by atoms with Crippen LogP contribution in [-0.2, 0) is 9.59 Å². The monoisotopic (exact) mass is 406 g/mol. The molecular formula is C21H31ClN4O2. The van der Waals surface area contributed by atoms with Crippen molar-refractivity contribution in [3.05, 3.63) is 28.8 Å². The maximum Gasteiger partial charge on any atom is 0.238 e. The number of rotatable bonds is 5. The average molecular weight is 407 g/mol. The number of nitrogens with one attached hydrogen (secondary N) is 1. The van der Waals surface area contributed by atoms with Crippen molar-refractivity contribution in [2.75, 3.05) is 51.1 Å². The second kappa shape index (κ2) is 9.72. The molecule has 1 aromatic carbocycles. The van der Waals surface area contributed by atoms with Gasteiger partial charge >= 0.3 is 0 Å². The Bertz CT molecular complexity index is 704. The predicted octanol–water partition coefficient (Wildman–Crippen LogP) is 2.61. The van der Waals surface area contributed by atoms with E-state index in [1.165, 1.54) is 6.42 Å². The van der Waals surface area contributed by atoms with Gasteiger partial charge in [0, 0.05) is 49.5 Å². The summed E-state index contributed by atoms with van der Waals surface area (Å²) in [5.74, 6) is 0.209. The molecule has 7 heteroatoms. The minimum absolute atomic E-state index is 0.0356. The summed E-state index contributed by atoms with van der Waals surface area (Å²) in [5, 5.41) is 3.56. The minimum Gasteiger partial charge on any atom is -0.339 e. The normalized spacial score (nSPS) is 21.5. The third kappa shape index (κ3) is 5.69. The molecule has 0 saturated carbocycles. The summed E-state index contributed by atoms with van der Waals surface area (Å²) in [7, 11) is 0. The number of piperazine rings is 1. The first kappa shape index (κ1) is 21.1. The van der Waals surface area contributed by atoms with Crippen LogP contribution in [0.2, 0.25) is 5.02 Å². The van der Waals surface area contributed by atoms with E-state index in [0.29, 0.717) is 24.2 Å². The predicted molar refractivity (Wildman–Crippen MR) is 113 cm³/mol. The molecule has 0 radical (unpaired) electrons. The van der Waals surface area contributed by atoms with Crippen LogP contribution in [-0.4, -0.2) is 78.4 Å². The highest BCUT2D eigenvalue weighted by Crippen LogP contribution is 2.20. The molecule has 154 valence electrons. The van der Waals surface area contributed by atoms with E-state index >= 15 is 0 Å². The van der Waals surface area contributed by atoms with Crippen LogP contribution in [0.4, 0.5) is 5.69 Å². The van der Waals surface area contributed by atoms with Crippen LogP contribution in [0.15, 0.2) is 18.2 Å². The molecule has 28 heavy (non-hydrogen) atoms. The molecule has 2 fully saturated rings. The molecule has 0 spiro atoms. The lowest BCUT2D eigenvalue weighted by atomic mass is 10.0. The highest BCUT2D eigenvalue weighted by Gasteiger charge is 2.26. The number of carbonyl (C=O) groups is 2. The van der Waals surface area contributed by atoms with Crippen molar-refractivity contribution in [3.8, 4) is 0 Å². The van der Waals surface area contributed by atoms with E-state index in [2.05, 4.69) is 22.0 Å². The number of likely N-dealkylation sites (tertiary alicyclic amines) is 1. The third-order valence-electron chi connectivity index (χ3n) is 5.77. The highest BCUT2D eigenvalue weighted by atomic mass is 35.5. The molecule has 1 atom stereocenters. The van der Waals surface area contributed by atoms with Crippen molar-refractivity contribution < 1.29 is 9.59 Å². The Morgan fingerprint density at radius 2 is 1.75 bits per heavy atom. The summed E-state index contributed by atoms with van der Waals surface area (Å²) >= 11 is 6.11. The van der Waals surface area contributed by atoms with Gasteiger partial charge in [-0.3, -0.25) is 19.4 Å². The van der Waals surface area contributed by atoms with Crippen LogP contribution in [0.3, 0.4) is 0 Å². The van der Waals surface area contributed by atoms with E-state index in [4.69, 9.17) is 11.6 Å². The van der Waals surface area contributed by atoms with Gasteiger partial charge in [0.25, 0.3) is 0 Å². The Balaban J connectivity index is 1.40. The van der Waals surface area contributed by atoms with Gasteiger partial charge in [-0.15, -0.1) is 0 Å². The fourth-order valence-electron chi connectivity index (χ4n) is 3.93. The number of carbonyl (C=O) groups excluding carboxylic acids is 2. The van der Waals surface area contributed by atoms with Crippen LogP contribution in [0, 0.1) is 6.92 Å². The van der Waals surface area contributed by atoms with Gasteiger partial charge in [0.05, 0.1) is 13.1 Å². The number of anilines is 1. The lowest BCUT2D eigenvalue weighted by Crippen LogP contribution is -2.53. The van der Waals surface area contributed by atoms with Gasteiger partial charge in [0.1, 0.15) is 0 Å². The third-order valence-corrected chi connectivity index (χ3v) is 6.18. The van der Waals surface area contributed by atoms with Gasteiger partial charge in [0.15, 0.2) is 0 Å². The molecule has 2 aliphatic heterocycles. The van der Waals surface area contributed by atoms with Crippen LogP contribution >= 0.6 is 11.6 Å². The maximum absolute atomic E-state index is 12.6. The van der Waals surface area contributed by atoms with Crippen LogP contribution < -0.4 is 5.32 Å². The Labute approximate surface area is 172 Å². The largest absolute Gasteiger partial charge is 0.339 e. The Hall–Kier alpha value is -1.63. The molecule has 2 saturated heterocycles. The zero-order valence-electron chi connectivity index (χ0n) is 16.9. The summed E-state index contributed by atoms with van der Waals surface area (Å²) in [4.78, 5) is 31.3. The SMILES string of the molecule is Cc1ccc(NC(=O)CN2CCN(CC(=O)N3CCCCC3C)CC2)cc1Cl. The van der Waals surface area contributed by atoms with Crippen LogP contribution in [0.5, 0.6) is 0 Å². The molecule has 2 heterocycles. The van der Waals surface area contributed by atoms with E-state index in [9.17, 15) is 9.59 Å². The zero-order chi connectivity index (χ0) is 20.1. The molecule has 0 aliphatic carbocycles. The Kier molecular flexibility index (Phi) is 7.32. The van der Waals surface area contributed by atoms with E-state index < -0.39 is 0 Å². The number of aryl methyl sites for hydroxylation is 1. The van der Waals surface area contributed by atoms with Gasteiger partial charge in [0.2, 0.25) is 11.8 Å². The summed E-state index contributed by atoms with van der Waals surface area (Å²) in [5.41, 5.74) is 1.71. The van der Waals surface area contributed by atoms with Crippen molar-refractivity contribution in [2.24, 2.45) is 0 Å². The van der Waals surface area contributed by atoms with Gasteiger partial charge in [-0.2, -0.15) is 0 Å². The molecule has 2 amide bonds. The van der Waals surface area contributed by atoms with Gasteiger partial charge in [-0.25, -0.2) is 0 Å². The van der Waals surface area contributed by atoms with E-state index in [-0.39, 0.29) is 11.8 Å². The quantitative estimate of drug-likeness (QED) is 0.816. The lowest BCUT2D eigenvalue weighted by Gasteiger charge is -2.37. The number of hydrogen-bond donors (Lipinski definition) is 1. The molecule has 0 aromatic heterocycles. The van der Waals surface area contributed by atoms with E-state index in [1.807, 2.05) is 24.0 Å². The molecule has 6 nitrogen and oxygen atoms in total. The number of amides is 2. The van der Waals surface area contributed by atoms with Crippen molar-refractivity contribution in [1.29, 1.82) is 0 Å². The first-order chi connectivity index (χ1) is 13.4. The van der Waals surface area contributed by atoms with Gasteiger partial charge in [-0.05, 0) is 50.8 Å². The van der Waals surface area contributed by atoms with Crippen molar-refractivity contribution >= 4 is 29.1 Å². The standard InChI is InChI=1S/C21H31ClN4O2/c1-16-6-7-18(13-19(16)22)23-20(27)14-24-9-11-25(12-10-24)15-21(28)26-8-4-3-5-17(26)2/h6-7,13,17H,3-5,8-12,14-15H2,1-2H3,(H,23,27). The summed E-state index contributed by atoms with van der Waals surface area (Å²) in [6, 6.07) is 5.91. The van der Waals surface area contributed by atoms with Gasteiger partial charge < -0.3 is 10.2 Å². The summed E-state index contributed by atoms with van der Waals surface area (Å²) in [6.45, 7) is 9.05. The van der Waals surface area contributed by atoms with E-state index in [0.717, 1.165) is 56.8 Å². The van der Waals surface area contributed by atoms with Crippen molar-refractivity contribution in [1.82, 2.24) is 14.7 Å². The first-order valence-electron chi connectivity index (χ1n) is 10.2. The second-order valence-corrected chi connectivity index (χ2v) is 8.40. The number of hydrogen-bond acceptors (Lipinski definition) is 4. The summed E-state index contributed by atoms with van der Waals surface area (Å²) < 4.78 is 0. The first-order valence-corrected chi connectivity index (χ1v) is 10.6. The second-order valence-electron chi connectivity index (χ2n) is 8.00. The average Bonchev–Trinajstić information content (AvgIpc) is 2.66. The topological polar surface area (TPSA) is 55.9 Å². The molecule has 1 N–H and O–H groups in total. The lowest BCUT2D eigenvalue weighted by molar-refractivity contribution is -0.136. The molecule has 3 rings (SSSR count). The molecule has 0 bridgehead atoms. The molecular weight excluding hydrogens is 376 g/mol. The number of benzene rings is 1. The van der Waals surface area contributed by atoms with Crippen molar-refractivity contribution in [2.45, 2.75) is 39.2 Å². The maximum atomic E-state index is 12.6. The zero-order valence-corrected chi connectivity index (χ0v) is 17.7.